The highest BCUT2D eigenvalue weighted by atomic mass is 16.3. The van der Waals surface area contributed by atoms with E-state index in [0.717, 1.165) is 18.3 Å². The van der Waals surface area contributed by atoms with Gasteiger partial charge in [0.2, 0.25) is 0 Å². The van der Waals surface area contributed by atoms with Gasteiger partial charge in [0, 0.05) is 0 Å². The summed E-state index contributed by atoms with van der Waals surface area (Å²) in [5, 5.41) is 10.1. The number of hydrogen-bond donors (Lipinski definition) is 1. The molecule has 1 N–H and O–H groups in total. The molecule has 3 fully saturated rings. The smallest absolute Gasteiger partial charge is 0.184 e. The molecule has 4 aliphatic carbocycles. The normalized spacial score (nSPS) is 52.7. The van der Waals surface area contributed by atoms with Crippen LogP contribution in [0.3, 0.4) is 0 Å². The van der Waals surface area contributed by atoms with Gasteiger partial charge in [-0.2, -0.15) is 0 Å². The molecular weight excluding hydrogens is 260 g/mol. The van der Waals surface area contributed by atoms with Crippen LogP contribution < -0.4 is 0 Å². The van der Waals surface area contributed by atoms with E-state index >= 15 is 0 Å². The van der Waals surface area contributed by atoms with Crippen LogP contribution in [0, 0.1) is 28.6 Å². The van der Waals surface area contributed by atoms with E-state index in [1.807, 2.05) is 0 Å². The number of carbonyl (C=O) groups is 1. The number of rotatable bonds is 0. The Bertz CT molecular complexity index is 508. The maximum atomic E-state index is 11.9. The lowest BCUT2D eigenvalue weighted by Gasteiger charge is -2.57. The quantitative estimate of drug-likeness (QED) is 0.734. The van der Waals surface area contributed by atoms with Crippen LogP contribution in [0.5, 0.6) is 0 Å². The van der Waals surface area contributed by atoms with Crippen LogP contribution in [0.1, 0.15) is 65.2 Å². The molecule has 1 unspecified atom stereocenters. The van der Waals surface area contributed by atoms with Gasteiger partial charge in [0.1, 0.15) is 6.10 Å². The summed E-state index contributed by atoms with van der Waals surface area (Å²) in [6, 6.07) is 0. The molecule has 116 valence electrons. The first-order chi connectivity index (χ1) is 9.94. The first-order valence-corrected chi connectivity index (χ1v) is 8.87. The van der Waals surface area contributed by atoms with Gasteiger partial charge in [-0.05, 0) is 79.6 Å². The zero-order valence-corrected chi connectivity index (χ0v) is 13.4. The minimum atomic E-state index is -0.755. The first kappa shape index (κ1) is 14.0. The molecule has 0 aromatic heterocycles. The van der Waals surface area contributed by atoms with Gasteiger partial charge in [-0.1, -0.05) is 25.8 Å². The molecule has 0 aromatic carbocycles. The molecule has 4 aliphatic rings. The van der Waals surface area contributed by atoms with Gasteiger partial charge in [-0.15, -0.1) is 0 Å². The van der Waals surface area contributed by atoms with Gasteiger partial charge in [-0.25, -0.2) is 0 Å². The Labute approximate surface area is 128 Å². The fourth-order valence-corrected chi connectivity index (χ4v) is 6.61. The van der Waals surface area contributed by atoms with Crippen molar-refractivity contribution in [2.45, 2.75) is 71.3 Å². The van der Waals surface area contributed by atoms with Crippen molar-refractivity contribution in [2.24, 2.45) is 28.6 Å². The Hall–Kier alpha value is -0.630. The zero-order chi connectivity index (χ0) is 14.8. The van der Waals surface area contributed by atoms with Crippen LogP contribution in [0.15, 0.2) is 11.6 Å². The number of aliphatic hydroxyl groups is 1. The van der Waals surface area contributed by atoms with Crippen LogP contribution in [0.4, 0.5) is 0 Å². The molecule has 0 bridgehead atoms. The molecule has 0 aromatic rings. The summed E-state index contributed by atoms with van der Waals surface area (Å²) in [5.74, 6) is 2.36. The largest absolute Gasteiger partial charge is 0.385 e. The molecule has 0 spiro atoms. The number of allylic oxidation sites excluding steroid dienone is 1. The lowest BCUT2D eigenvalue weighted by atomic mass is 9.47. The molecule has 0 heterocycles. The molecule has 0 aliphatic heterocycles. The SMILES string of the molecule is C[C@@]12CCC[C@H]1[C@@H]1CCC3=CC(=O)C(O)C[C@]3(C)[C@@H]1CC2. The Morgan fingerprint density at radius 3 is 2.76 bits per heavy atom. The zero-order valence-electron chi connectivity index (χ0n) is 13.4. The summed E-state index contributed by atoms with van der Waals surface area (Å²) in [7, 11) is 0. The Balaban J connectivity index is 1.70. The van der Waals surface area contributed by atoms with Gasteiger partial charge in [0.05, 0.1) is 0 Å². The Morgan fingerprint density at radius 1 is 1.14 bits per heavy atom. The summed E-state index contributed by atoms with van der Waals surface area (Å²) in [6.07, 6.45) is 11.0. The summed E-state index contributed by atoms with van der Waals surface area (Å²) in [4.78, 5) is 11.9. The van der Waals surface area contributed by atoms with Crippen molar-refractivity contribution in [3.63, 3.8) is 0 Å². The van der Waals surface area contributed by atoms with E-state index in [1.54, 1.807) is 6.08 Å². The average Bonchev–Trinajstić information content (AvgIpc) is 2.82. The second kappa shape index (κ2) is 4.44. The van der Waals surface area contributed by atoms with Gasteiger partial charge in [-0.3, -0.25) is 4.79 Å². The molecule has 0 radical (unpaired) electrons. The van der Waals surface area contributed by atoms with Crippen molar-refractivity contribution in [3.8, 4) is 0 Å². The topological polar surface area (TPSA) is 37.3 Å². The minimum absolute atomic E-state index is 0.0533. The van der Waals surface area contributed by atoms with E-state index < -0.39 is 6.10 Å². The van der Waals surface area contributed by atoms with Crippen LogP contribution in [-0.2, 0) is 4.79 Å². The van der Waals surface area contributed by atoms with E-state index in [4.69, 9.17) is 0 Å². The number of aliphatic hydroxyl groups excluding tert-OH is 1. The van der Waals surface area contributed by atoms with Crippen LogP contribution in [-0.4, -0.2) is 17.0 Å². The lowest BCUT2D eigenvalue weighted by molar-refractivity contribution is -0.127. The molecule has 2 nitrogen and oxygen atoms in total. The standard InChI is InChI=1S/C19H28O2/c1-18-8-3-4-14(18)13-6-5-12-10-16(20)17(21)11-19(12,2)15(13)7-9-18/h10,13-15,17,21H,3-9,11H2,1-2H3/t13-,14-,15+,17?,18-,19-/m0/s1. The minimum Gasteiger partial charge on any atom is -0.385 e. The molecule has 4 rings (SSSR count). The molecule has 21 heavy (non-hydrogen) atoms. The van der Waals surface area contributed by atoms with Crippen molar-refractivity contribution in [1.29, 1.82) is 0 Å². The van der Waals surface area contributed by atoms with Crippen molar-refractivity contribution in [2.75, 3.05) is 0 Å². The van der Waals surface area contributed by atoms with Crippen LogP contribution in [0.2, 0.25) is 0 Å². The summed E-state index contributed by atoms with van der Waals surface area (Å²) >= 11 is 0. The predicted octanol–water partition coefficient (Wildman–Crippen LogP) is 3.88. The number of ketones is 1. The van der Waals surface area contributed by atoms with E-state index in [0.29, 0.717) is 17.8 Å². The third-order valence-electron chi connectivity index (χ3n) is 7.78. The van der Waals surface area contributed by atoms with Crippen molar-refractivity contribution in [1.82, 2.24) is 0 Å². The predicted molar refractivity (Wildman–Crippen MR) is 82.7 cm³/mol. The van der Waals surface area contributed by atoms with Crippen LogP contribution in [0.25, 0.3) is 0 Å². The fourth-order valence-electron chi connectivity index (χ4n) is 6.61. The lowest BCUT2D eigenvalue weighted by Crippen LogP contribution is -2.51. The number of hydrogen-bond acceptors (Lipinski definition) is 2. The summed E-state index contributed by atoms with van der Waals surface area (Å²) in [5.41, 5.74) is 2.02. The van der Waals surface area contributed by atoms with E-state index in [-0.39, 0.29) is 11.2 Å². The van der Waals surface area contributed by atoms with E-state index in [9.17, 15) is 9.90 Å². The highest BCUT2D eigenvalue weighted by molar-refractivity contribution is 5.95. The third-order valence-corrected chi connectivity index (χ3v) is 7.78. The van der Waals surface area contributed by atoms with Crippen molar-refractivity contribution >= 4 is 5.78 Å². The fraction of sp³-hybridized carbons (Fsp3) is 0.842. The van der Waals surface area contributed by atoms with Crippen molar-refractivity contribution < 1.29 is 9.90 Å². The average molecular weight is 288 g/mol. The van der Waals surface area contributed by atoms with Gasteiger partial charge in [0.25, 0.3) is 0 Å². The highest BCUT2D eigenvalue weighted by Gasteiger charge is 2.56. The third kappa shape index (κ3) is 1.84. The second-order valence-corrected chi connectivity index (χ2v) is 8.71. The van der Waals surface area contributed by atoms with Gasteiger partial charge >= 0.3 is 0 Å². The maximum Gasteiger partial charge on any atom is 0.184 e. The molecular formula is C19H28O2. The van der Waals surface area contributed by atoms with Crippen LogP contribution >= 0.6 is 0 Å². The first-order valence-electron chi connectivity index (χ1n) is 8.87. The van der Waals surface area contributed by atoms with E-state index in [2.05, 4.69) is 13.8 Å². The molecule has 0 amide bonds. The molecule has 3 saturated carbocycles. The Morgan fingerprint density at radius 2 is 1.95 bits per heavy atom. The number of carbonyl (C=O) groups excluding carboxylic acids is 1. The molecule has 0 saturated heterocycles. The van der Waals surface area contributed by atoms with Gasteiger partial charge in [0.15, 0.2) is 5.78 Å². The molecule has 6 atom stereocenters. The Kier molecular flexibility index (Phi) is 2.96. The van der Waals surface area contributed by atoms with Crippen molar-refractivity contribution in [3.05, 3.63) is 11.6 Å². The summed E-state index contributed by atoms with van der Waals surface area (Å²) in [6.45, 7) is 4.86. The second-order valence-electron chi connectivity index (χ2n) is 8.71. The highest BCUT2D eigenvalue weighted by Crippen LogP contribution is 2.65. The monoisotopic (exact) mass is 288 g/mol. The molecule has 2 heteroatoms. The van der Waals surface area contributed by atoms with Gasteiger partial charge < -0.3 is 5.11 Å². The number of fused-ring (bicyclic) bond motifs is 5. The maximum absolute atomic E-state index is 11.9. The summed E-state index contributed by atoms with van der Waals surface area (Å²) < 4.78 is 0. The van der Waals surface area contributed by atoms with E-state index in [1.165, 1.54) is 44.1 Å².